The number of carbonyl (C=O) groups excluding carboxylic acids is 2. The number of rotatable bonds is 11. The maximum Gasteiger partial charge on any atom is 0.303 e. The molecule has 0 spiro atoms. The number of halogens is 1. The molecule has 1 atom stereocenters. The third-order valence-corrected chi connectivity index (χ3v) is 8.24. The second kappa shape index (κ2) is 11.4. The van der Waals surface area contributed by atoms with Crippen LogP contribution in [0.2, 0.25) is 5.02 Å². The van der Waals surface area contributed by atoms with E-state index in [0.29, 0.717) is 43.9 Å². The maximum absolute atomic E-state index is 13.8. The molecule has 2 amide bonds. The van der Waals surface area contributed by atoms with Crippen LogP contribution in [0.3, 0.4) is 0 Å². The van der Waals surface area contributed by atoms with Gasteiger partial charge in [0.05, 0.1) is 6.42 Å². The summed E-state index contributed by atoms with van der Waals surface area (Å²) in [5.41, 5.74) is 1.08. The molecule has 190 valence electrons. The maximum atomic E-state index is 13.8. The van der Waals surface area contributed by atoms with Gasteiger partial charge in [-0.3, -0.25) is 14.4 Å². The fourth-order valence-corrected chi connectivity index (χ4v) is 5.86. The number of carboxylic acids is 1. The summed E-state index contributed by atoms with van der Waals surface area (Å²) >= 11 is 7.66. The first-order valence-corrected chi connectivity index (χ1v) is 13.5. The summed E-state index contributed by atoms with van der Waals surface area (Å²) in [4.78, 5) is 41.5. The van der Waals surface area contributed by atoms with E-state index in [2.05, 4.69) is 6.07 Å². The monoisotopic (exact) mass is 526 g/mol. The van der Waals surface area contributed by atoms with Crippen molar-refractivity contribution in [2.75, 3.05) is 13.1 Å². The molecule has 1 N–H and O–H groups in total. The Morgan fingerprint density at radius 3 is 2.53 bits per heavy atom. The van der Waals surface area contributed by atoms with Crippen molar-refractivity contribution in [2.45, 2.75) is 57.5 Å². The van der Waals surface area contributed by atoms with Gasteiger partial charge in [-0.2, -0.15) is 0 Å². The molecule has 1 aromatic heterocycles. The van der Waals surface area contributed by atoms with Gasteiger partial charge in [-0.1, -0.05) is 48.4 Å². The Labute approximate surface area is 220 Å². The minimum absolute atomic E-state index is 0.0337. The molecule has 1 fully saturated rings. The fourth-order valence-electron chi connectivity index (χ4n) is 4.77. The van der Waals surface area contributed by atoms with Crippen molar-refractivity contribution in [3.05, 3.63) is 70.1 Å². The second-order valence-corrected chi connectivity index (χ2v) is 10.9. The number of nitrogens with zero attached hydrogens (tertiary/aromatic N) is 2. The molecule has 3 aromatic rings. The van der Waals surface area contributed by atoms with Gasteiger partial charge in [0.1, 0.15) is 5.54 Å². The van der Waals surface area contributed by atoms with E-state index in [1.54, 1.807) is 28.4 Å². The lowest BCUT2D eigenvalue weighted by molar-refractivity contribution is -0.164. The van der Waals surface area contributed by atoms with Crippen LogP contribution in [-0.2, 0) is 27.3 Å². The quantitative estimate of drug-likeness (QED) is 0.322. The molecule has 8 heteroatoms. The van der Waals surface area contributed by atoms with Crippen LogP contribution in [0.15, 0.2) is 53.9 Å². The highest BCUT2D eigenvalue weighted by molar-refractivity contribution is 7.17. The van der Waals surface area contributed by atoms with Crippen molar-refractivity contribution in [2.24, 2.45) is 0 Å². The van der Waals surface area contributed by atoms with Crippen LogP contribution in [0.5, 0.6) is 0 Å². The van der Waals surface area contributed by atoms with Crippen molar-refractivity contribution in [3.8, 4) is 0 Å². The Kier molecular flexibility index (Phi) is 8.32. The molecule has 0 saturated carbocycles. The summed E-state index contributed by atoms with van der Waals surface area (Å²) in [7, 11) is 0. The highest BCUT2D eigenvalue weighted by Gasteiger charge is 2.50. The molecule has 1 saturated heterocycles. The topological polar surface area (TPSA) is 77.9 Å². The Morgan fingerprint density at radius 2 is 1.83 bits per heavy atom. The summed E-state index contributed by atoms with van der Waals surface area (Å²) in [5.74, 6) is -0.905. The number of fused-ring (bicyclic) bond motifs is 1. The third kappa shape index (κ3) is 5.90. The summed E-state index contributed by atoms with van der Waals surface area (Å²) in [6.07, 6.45) is 3.04. The smallest absolute Gasteiger partial charge is 0.303 e. The number of carbonyl (C=O) groups is 3. The van der Waals surface area contributed by atoms with Gasteiger partial charge in [-0.05, 0) is 66.3 Å². The van der Waals surface area contributed by atoms with Gasteiger partial charge >= 0.3 is 5.97 Å². The number of hydrogen-bond acceptors (Lipinski definition) is 4. The van der Waals surface area contributed by atoms with Crippen molar-refractivity contribution < 1.29 is 19.5 Å². The van der Waals surface area contributed by atoms with Crippen LogP contribution in [0, 0.1) is 0 Å². The predicted molar refractivity (Wildman–Crippen MR) is 143 cm³/mol. The van der Waals surface area contributed by atoms with Crippen molar-refractivity contribution in [1.29, 1.82) is 0 Å². The van der Waals surface area contributed by atoms with Crippen LogP contribution in [0.25, 0.3) is 10.1 Å². The Morgan fingerprint density at radius 1 is 1.08 bits per heavy atom. The summed E-state index contributed by atoms with van der Waals surface area (Å²) in [6, 6.07) is 15.5. The van der Waals surface area contributed by atoms with Gasteiger partial charge < -0.3 is 14.9 Å². The summed E-state index contributed by atoms with van der Waals surface area (Å²) in [6.45, 7) is 3.36. The van der Waals surface area contributed by atoms with Crippen LogP contribution < -0.4 is 0 Å². The molecule has 6 nitrogen and oxygen atoms in total. The molecule has 2 aromatic carbocycles. The first kappa shape index (κ1) is 26.2. The minimum atomic E-state index is -0.879. The number of aliphatic carboxylic acids is 1. The Balaban J connectivity index is 1.46. The number of likely N-dealkylation sites (tertiary alicyclic amines) is 1. The highest BCUT2D eigenvalue weighted by atomic mass is 35.5. The zero-order valence-corrected chi connectivity index (χ0v) is 22.0. The lowest BCUT2D eigenvalue weighted by Crippen LogP contribution is -2.68. The van der Waals surface area contributed by atoms with Gasteiger partial charge in [0.25, 0.3) is 0 Å². The molecule has 36 heavy (non-hydrogen) atoms. The number of carboxylic acid groups (broad SMARTS) is 1. The molecule has 0 radical (unpaired) electrons. The highest BCUT2D eigenvalue weighted by Crippen LogP contribution is 2.35. The van der Waals surface area contributed by atoms with Gasteiger partial charge in [-0.25, -0.2) is 0 Å². The van der Waals surface area contributed by atoms with Crippen LogP contribution >= 0.6 is 22.9 Å². The predicted octanol–water partition coefficient (Wildman–Crippen LogP) is 5.76. The molecule has 1 unspecified atom stereocenters. The van der Waals surface area contributed by atoms with Gasteiger partial charge in [0.15, 0.2) is 0 Å². The van der Waals surface area contributed by atoms with E-state index in [9.17, 15) is 14.4 Å². The van der Waals surface area contributed by atoms with Crippen LogP contribution in [-0.4, -0.2) is 51.3 Å². The average molecular weight is 527 g/mol. The van der Waals surface area contributed by atoms with E-state index >= 15 is 0 Å². The SMILES string of the molecule is CC1(C(=O)N(CCCCCC(=O)O)Cc2ccc(Cl)cc2)CCN1C(=O)Cc1csc2ccccc12. The van der Waals surface area contributed by atoms with E-state index in [1.807, 2.05) is 47.5 Å². The minimum Gasteiger partial charge on any atom is -0.481 e. The second-order valence-electron chi connectivity index (χ2n) is 9.56. The number of unbranched alkanes of at least 4 members (excludes halogenated alkanes) is 2. The van der Waals surface area contributed by atoms with Crippen molar-refractivity contribution in [3.63, 3.8) is 0 Å². The number of amides is 2. The first-order valence-electron chi connectivity index (χ1n) is 12.3. The zero-order valence-electron chi connectivity index (χ0n) is 20.4. The normalized spacial score (nSPS) is 17.1. The molecule has 0 bridgehead atoms. The van der Waals surface area contributed by atoms with Gasteiger partial charge in [0.2, 0.25) is 11.8 Å². The molecule has 1 aliphatic heterocycles. The lowest BCUT2D eigenvalue weighted by atomic mass is 9.84. The average Bonchev–Trinajstić information content (AvgIpc) is 3.25. The van der Waals surface area contributed by atoms with E-state index in [0.717, 1.165) is 27.6 Å². The third-order valence-electron chi connectivity index (χ3n) is 6.98. The van der Waals surface area contributed by atoms with E-state index in [1.165, 1.54) is 0 Å². The van der Waals surface area contributed by atoms with Crippen molar-refractivity contribution in [1.82, 2.24) is 9.80 Å². The number of thiophene rings is 1. The zero-order chi connectivity index (χ0) is 25.7. The Hall–Kier alpha value is -2.90. The molecular formula is C28H31ClN2O4S. The van der Waals surface area contributed by atoms with E-state index < -0.39 is 11.5 Å². The number of hydrogen-bond donors (Lipinski definition) is 1. The standard InChI is InChI=1S/C28H31ClN2O4S/c1-28(14-16-31(28)25(32)17-21-19-36-24-8-5-4-7-23(21)24)27(35)30(15-6-2-3-9-26(33)34)18-20-10-12-22(29)13-11-20/h4-5,7-8,10-13,19H,2-3,6,9,14-18H2,1H3,(H,33,34). The Bertz CT molecular complexity index is 1240. The van der Waals surface area contributed by atoms with Crippen LogP contribution in [0.4, 0.5) is 0 Å². The molecule has 1 aliphatic rings. The first-order chi connectivity index (χ1) is 17.3. The molecule has 0 aliphatic carbocycles. The van der Waals surface area contributed by atoms with Crippen molar-refractivity contribution >= 4 is 50.8 Å². The summed E-state index contributed by atoms with van der Waals surface area (Å²) in [5, 5.41) is 12.7. The molecule has 2 heterocycles. The largest absolute Gasteiger partial charge is 0.481 e. The summed E-state index contributed by atoms with van der Waals surface area (Å²) < 4.78 is 1.15. The van der Waals surface area contributed by atoms with E-state index in [4.69, 9.17) is 16.7 Å². The van der Waals surface area contributed by atoms with Crippen LogP contribution in [0.1, 0.15) is 50.2 Å². The number of benzene rings is 2. The fraction of sp³-hybridized carbons (Fsp3) is 0.393. The lowest BCUT2D eigenvalue weighted by Gasteiger charge is -2.51. The molecule has 4 rings (SSSR count). The van der Waals surface area contributed by atoms with Gasteiger partial charge in [0, 0.05) is 35.8 Å². The van der Waals surface area contributed by atoms with Gasteiger partial charge in [-0.15, -0.1) is 11.3 Å². The van der Waals surface area contributed by atoms with E-state index in [-0.39, 0.29) is 24.7 Å². The molecular weight excluding hydrogens is 496 g/mol.